The fourth-order valence-electron chi connectivity index (χ4n) is 1.51. The molecule has 0 aliphatic heterocycles. The van der Waals surface area contributed by atoms with Gasteiger partial charge in [-0.05, 0) is 39.7 Å². The van der Waals surface area contributed by atoms with Gasteiger partial charge in [0.25, 0.3) is 0 Å². The number of hydrogen-bond acceptors (Lipinski definition) is 3. The van der Waals surface area contributed by atoms with Gasteiger partial charge in [0.15, 0.2) is 0 Å². The van der Waals surface area contributed by atoms with Crippen LogP contribution in [0.4, 0.5) is 4.79 Å². The van der Waals surface area contributed by atoms with Crippen LogP contribution in [0.15, 0.2) is 15.9 Å². The summed E-state index contributed by atoms with van der Waals surface area (Å²) in [7, 11) is 0. The van der Waals surface area contributed by atoms with E-state index in [-0.39, 0.29) is 5.92 Å². The number of carbonyl (C=O) groups is 2. The average Bonchev–Trinajstić information content (AvgIpc) is 2.70. The van der Waals surface area contributed by atoms with Gasteiger partial charge in [-0.3, -0.25) is 0 Å². The molecular weight excluding hydrogens is 332 g/mol. The lowest BCUT2D eigenvalue weighted by molar-refractivity contribution is -0.139. The van der Waals surface area contributed by atoms with Gasteiger partial charge in [-0.25, -0.2) is 9.59 Å². The first-order valence-electron chi connectivity index (χ1n) is 5.89. The predicted molar refractivity (Wildman–Crippen MR) is 78.3 cm³/mol. The van der Waals surface area contributed by atoms with Crippen molar-refractivity contribution in [3.8, 4) is 0 Å². The van der Waals surface area contributed by atoms with E-state index in [4.69, 9.17) is 5.11 Å². The number of hydrogen-bond donors (Lipinski definition) is 3. The van der Waals surface area contributed by atoms with Crippen molar-refractivity contribution in [1.82, 2.24) is 10.6 Å². The molecule has 1 rings (SSSR count). The topological polar surface area (TPSA) is 78.4 Å². The van der Waals surface area contributed by atoms with Crippen LogP contribution in [0, 0.1) is 5.92 Å². The molecule has 1 aromatic rings. The number of urea groups is 1. The largest absolute Gasteiger partial charge is 0.480 e. The highest BCUT2D eigenvalue weighted by Gasteiger charge is 2.20. The molecule has 0 bridgehead atoms. The highest BCUT2D eigenvalue weighted by Crippen LogP contribution is 2.22. The average molecular weight is 349 g/mol. The second-order valence-corrected chi connectivity index (χ2v) is 6.39. The van der Waals surface area contributed by atoms with Crippen LogP contribution < -0.4 is 10.6 Å². The fraction of sp³-hybridized carbons (Fsp3) is 0.500. The second-order valence-electron chi connectivity index (χ2n) is 4.54. The van der Waals surface area contributed by atoms with Crippen LogP contribution in [0.1, 0.15) is 25.1 Å². The normalized spacial score (nSPS) is 12.2. The van der Waals surface area contributed by atoms with E-state index in [0.717, 1.165) is 9.35 Å². The van der Waals surface area contributed by atoms with Crippen LogP contribution in [0.25, 0.3) is 0 Å². The van der Waals surface area contributed by atoms with Crippen LogP contribution in [-0.4, -0.2) is 23.1 Å². The van der Waals surface area contributed by atoms with E-state index in [1.165, 1.54) is 11.3 Å². The van der Waals surface area contributed by atoms with Crippen molar-refractivity contribution >= 4 is 39.3 Å². The van der Waals surface area contributed by atoms with Crippen molar-refractivity contribution in [2.45, 2.75) is 32.9 Å². The van der Waals surface area contributed by atoms with Gasteiger partial charge in [-0.15, -0.1) is 11.3 Å². The number of aliphatic carboxylic acids is 1. The third kappa shape index (κ3) is 5.61. The molecule has 19 heavy (non-hydrogen) atoms. The molecule has 0 aromatic carbocycles. The molecule has 0 unspecified atom stereocenters. The van der Waals surface area contributed by atoms with Gasteiger partial charge in [0.05, 0.1) is 6.54 Å². The summed E-state index contributed by atoms with van der Waals surface area (Å²) in [6.07, 6.45) is 0.408. The molecule has 2 amide bonds. The lowest BCUT2D eigenvalue weighted by Crippen LogP contribution is -2.46. The van der Waals surface area contributed by atoms with E-state index >= 15 is 0 Å². The smallest absolute Gasteiger partial charge is 0.326 e. The molecule has 106 valence electrons. The summed E-state index contributed by atoms with van der Waals surface area (Å²) in [6.45, 7) is 4.20. The summed E-state index contributed by atoms with van der Waals surface area (Å²) in [5.74, 6) is -0.811. The molecule has 0 saturated carbocycles. The maximum Gasteiger partial charge on any atom is 0.326 e. The van der Waals surface area contributed by atoms with Gasteiger partial charge >= 0.3 is 12.0 Å². The minimum absolute atomic E-state index is 0.202. The zero-order chi connectivity index (χ0) is 14.4. The number of carboxylic acid groups (broad SMARTS) is 1. The summed E-state index contributed by atoms with van der Waals surface area (Å²) < 4.78 is 0.940. The van der Waals surface area contributed by atoms with Crippen LogP contribution in [0.2, 0.25) is 0 Å². The summed E-state index contributed by atoms with van der Waals surface area (Å²) in [6, 6.07) is 0.582. The molecule has 5 nitrogen and oxygen atoms in total. The standard InChI is InChI=1S/C12H17BrN2O3S/c1-7(2)5-9(11(16)17)15-12(18)14-6-10-8(13)3-4-19-10/h3-4,7,9H,5-6H2,1-2H3,(H,16,17)(H2,14,15,18)/t9-/m0/s1. The van der Waals surface area contributed by atoms with E-state index in [1.54, 1.807) is 0 Å². The fourth-order valence-corrected chi connectivity index (χ4v) is 2.95. The van der Waals surface area contributed by atoms with Gasteiger partial charge in [-0.2, -0.15) is 0 Å². The number of thiophene rings is 1. The van der Waals surface area contributed by atoms with Crippen molar-refractivity contribution in [2.75, 3.05) is 0 Å². The minimum atomic E-state index is -1.01. The van der Waals surface area contributed by atoms with Gasteiger partial charge in [0.2, 0.25) is 0 Å². The van der Waals surface area contributed by atoms with E-state index < -0.39 is 18.0 Å². The van der Waals surface area contributed by atoms with Crippen LogP contribution in [-0.2, 0) is 11.3 Å². The maximum atomic E-state index is 11.6. The monoisotopic (exact) mass is 348 g/mol. The SMILES string of the molecule is CC(C)C[C@H](NC(=O)NCc1sccc1Br)C(=O)O. The first kappa shape index (κ1) is 16.0. The summed E-state index contributed by atoms with van der Waals surface area (Å²) >= 11 is 4.89. The molecule has 1 heterocycles. The molecule has 1 aromatic heterocycles. The predicted octanol–water partition coefficient (Wildman–Crippen LogP) is 2.81. The number of nitrogens with one attached hydrogen (secondary N) is 2. The Morgan fingerprint density at radius 3 is 2.63 bits per heavy atom. The highest BCUT2D eigenvalue weighted by molar-refractivity contribution is 9.10. The second kappa shape index (κ2) is 7.49. The van der Waals surface area contributed by atoms with E-state index in [0.29, 0.717) is 13.0 Å². The van der Waals surface area contributed by atoms with Crippen molar-refractivity contribution < 1.29 is 14.7 Å². The zero-order valence-corrected chi connectivity index (χ0v) is 13.2. The first-order valence-corrected chi connectivity index (χ1v) is 7.56. The van der Waals surface area contributed by atoms with E-state index in [2.05, 4.69) is 26.6 Å². The van der Waals surface area contributed by atoms with Crippen LogP contribution >= 0.6 is 27.3 Å². The number of carbonyl (C=O) groups excluding carboxylic acids is 1. The van der Waals surface area contributed by atoms with Crippen molar-refractivity contribution in [3.63, 3.8) is 0 Å². The minimum Gasteiger partial charge on any atom is -0.480 e. The van der Waals surface area contributed by atoms with Crippen molar-refractivity contribution in [3.05, 3.63) is 20.8 Å². The molecule has 0 spiro atoms. The Labute approximate surface area is 124 Å². The Morgan fingerprint density at radius 1 is 1.47 bits per heavy atom. The van der Waals surface area contributed by atoms with Crippen molar-refractivity contribution in [2.24, 2.45) is 5.92 Å². The number of halogens is 1. The Hall–Kier alpha value is -1.08. The Morgan fingerprint density at radius 2 is 2.16 bits per heavy atom. The van der Waals surface area contributed by atoms with Crippen LogP contribution in [0.5, 0.6) is 0 Å². The van der Waals surface area contributed by atoms with Gasteiger partial charge in [0.1, 0.15) is 6.04 Å². The quantitative estimate of drug-likeness (QED) is 0.739. The lowest BCUT2D eigenvalue weighted by Gasteiger charge is -2.16. The molecule has 0 aliphatic carbocycles. The van der Waals surface area contributed by atoms with Gasteiger partial charge in [-0.1, -0.05) is 13.8 Å². The Bertz CT molecular complexity index is 448. The summed E-state index contributed by atoms with van der Waals surface area (Å²) in [4.78, 5) is 23.7. The van der Waals surface area contributed by atoms with E-state index in [1.807, 2.05) is 25.3 Å². The molecule has 0 saturated heterocycles. The van der Waals surface area contributed by atoms with Gasteiger partial charge < -0.3 is 15.7 Å². The molecular formula is C12H17BrN2O3S. The molecule has 0 radical (unpaired) electrons. The number of carboxylic acids is 1. The number of amides is 2. The number of rotatable bonds is 6. The lowest BCUT2D eigenvalue weighted by atomic mass is 10.0. The Kier molecular flexibility index (Phi) is 6.30. The first-order chi connectivity index (χ1) is 8.90. The molecule has 0 fully saturated rings. The van der Waals surface area contributed by atoms with Crippen molar-refractivity contribution in [1.29, 1.82) is 0 Å². The zero-order valence-electron chi connectivity index (χ0n) is 10.8. The van der Waals surface area contributed by atoms with E-state index in [9.17, 15) is 9.59 Å². The Balaban J connectivity index is 2.45. The molecule has 3 N–H and O–H groups in total. The molecule has 1 atom stereocenters. The van der Waals surface area contributed by atoms with Gasteiger partial charge in [0, 0.05) is 9.35 Å². The molecule has 0 aliphatic rings. The summed E-state index contributed by atoms with van der Waals surface area (Å²) in [5.41, 5.74) is 0. The third-order valence-corrected chi connectivity index (χ3v) is 4.34. The maximum absolute atomic E-state index is 11.6. The highest BCUT2D eigenvalue weighted by atomic mass is 79.9. The summed E-state index contributed by atoms with van der Waals surface area (Å²) in [5, 5.41) is 16.1. The molecule has 7 heteroatoms. The third-order valence-electron chi connectivity index (χ3n) is 2.41. The van der Waals surface area contributed by atoms with Crippen LogP contribution in [0.3, 0.4) is 0 Å².